The number of benzene rings is 2. The highest BCUT2D eigenvalue weighted by Crippen LogP contribution is 2.27. The van der Waals surface area contributed by atoms with E-state index in [1.165, 1.54) is 0 Å². The Kier molecular flexibility index (Phi) is 3.95. The molecule has 6 heteroatoms. The van der Waals surface area contributed by atoms with E-state index in [4.69, 9.17) is 20.2 Å². The van der Waals surface area contributed by atoms with Crippen molar-refractivity contribution in [3.05, 3.63) is 54.9 Å². The lowest BCUT2D eigenvalue weighted by atomic mass is 10.2. The van der Waals surface area contributed by atoms with Gasteiger partial charge in [0.2, 0.25) is 0 Å². The molecule has 25 heavy (non-hydrogen) atoms. The van der Waals surface area contributed by atoms with Crippen molar-refractivity contribution in [1.29, 1.82) is 0 Å². The fourth-order valence-electron chi connectivity index (χ4n) is 2.83. The molecule has 0 radical (unpaired) electrons. The summed E-state index contributed by atoms with van der Waals surface area (Å²) in [6.45, 7) is 0.920. The van der Waals surface area contributed by atoms with Gasteiger partial charge in [0.05, 0.1) is 18.1 Å². The summed E-state index contributed by atoms with van der Waals surface area (Å²) < 4.78 is 12.9. The van der Waals surface area contributed by atoms with E-state index in [9.17, 15) is 0 Å². The van der Waals surface area contributed by atoms with Crippen molar-refractivity contribution in [3.8, 4) is 17.3 Å². The molecule has 0 aliphatic rings. The third-order valence-corrected chi connectivity index (χ3v) is 4.05. The van der Waals surface area contributed by atoms with Crippen molar-refractivity contribution >= 4 is 21.9 Å². The van der Waals surface area contributed by atoms with Crippen molar-refractivity contribution < 1.29 is 9.47 Å². The molecule has 0 fully saturated rings. The van der Waals surface area contributed by atoms with Gasteiger partial charge in [-0.2, -0.15) is 0 Å². The lowest BCUT2D eigenvalue weighted by Crippen LogP contribution is -2.11. The molecule has 0 spiro atoms. The second kappa shape index (κ2) is 6.41. The van der Waals surface area contributed by atoms with Crippen molar-refractivity contribution in [3.63, 3.8) is 0 Å². The van der Waals surface area contributed by atoms with E-state index in [1.807, 2.05) is 53.1 Å². The van der Waals surface area contributed by atoms with E-state index >= 15 is 0 Å². The van der Waals surface area contributed by atoms with Crippen LogP contribution in [0.25, 0.3) is 27.8 Å². The maximum absolute atomic E-state index is 5.73. The smallest absolute Gasteiger partial charge is 0.145 e. The summed E-state index contributed by atoms with van der Waals surface area (Å²) in [5, 5.41) is 1.02. The van der Waals surface area contributed by atoms with Crippen LogP contribution >= 0.6 is 0 Å². The molecule has 4 rings (SSSR count). The standard InChI is InChI=1S/C19H18N4O2/c1-24-14-6-7-16-15(11-14)21-12-23(16)18-8-5-13-3-2-4-17(19(13)22-18)25-10-9-20/h2-8,11-12H,9-10,20H2,1H3. The van der Waals surface area contributed by atoms with Gasteiger partial charge in [-0.25, -0.2) is 9.97 Å². The average molecular weight is 334 g/mol. The molecule has 2 heterocycles. The van der Waals surface area contributed by atoms with Crippen molar-refractivity contribution in [2.45, 2.75) is 0 Å². The van der Waals surface area contributed by atoms with E-state index < -0.39 is 0 Å². The number of fused-ring (bicyclic) bond motifs is 2. The largest absolute Gasteiger partial charge is 0.497 e. The van der Waals surface area contributed by atoms with E-state index in [1.54, 1.807) is 13.4 Å². The van der Waals surface area contributed by atoms with Crippen LogP contribution in [0, 0.1) is 0 Å². The van der Waals surface area contributed by atoms with Gasteiger partial charge in [0, 0.05) is 18.0 Å². The normalized spacial score (nSPS) is 11.1. The van der Waals surface area contributed by atoms with E-state index in [-0.39, 0.29) is 0 Å². The Labute approximate surface area is 144 Å². The fraction of sp³-hybridized carbons (Fsp3) is 0.158. The zero-order valence-electron chi connectivity index (χ0n) is 13.8. The lowest BCUT2D eigenvalue weighted by molar-refractivity contribution is 0.331. The Morgan fingerprint density at radius 2 is 2.04 bits per heavy atom. The first-order valence-corrected chi connectivity index (χ1v) is 8.04. The van der Waals surface area contributed by atoms with Crippen molar-refractivity contribution in [2.24, 2.45) is 5.73 Å². The predicted octanol–water partition coefficient (Wildman–Crippen LogP) is 2.92. The van der Waals surface area contributed by atoms with Crippen LogP contribution in [0.4, 0.5) is 0 Å². The topological polar surface area (TPSA) is 75.2 Å². The molecule has 0 bridgehead atoms. The summed E-state index contributed by atoms with van der Waals surface area (Å²) in [7, 11) is 1.64. The Morgan fingerprint density at radius 3 is 2.88 bits per heavy atom. The van der Waals surface area contributed by atoms with Crippen LogP contribution in [0.1, 0.15) is 0 Å². The van der Waals surface area contributed by atoms with Gasteiger partial charge in [-0.05, 0) is 30.3 Å². The van der Waals surface area contributed by atoms with Crippen LogP contribution < -0.4 is 15.2 Å². The van der Waals surface area contributed by atoms with Gasteiger partial charge in [-0.3, -0.25) is 4.57 Å². The Balaban J connectivity index is 1.84. The van der Waals surface area contributed by atoms with Crippen molar-refractivity contribution in [1.82, 2.24) is 14.5 Å². The predicted molar refractivity (Wildman–Crippen MR) is 97.5 cm³/mol. The van der Waals surface area contributed by atoms with Gasteiger partial charge >= 0.3 is 0 Å². The Bertz CT molecular complexity index is 1040. The third-order valence-electron chi connectivity index (χ3n) is 4.05. The molecule has 0 saturated carbocycles. The van der Waals surface area contributed by atoms with Gasteiger partial charge < -0.3 is 15.2 Å². The lowest BCUT2D eigenvalue weighted by Gasteiger charge is -2.10. The second-order valence-corrected chi connectivity index (χ2v) is 5.60. The Morgan fingerprint density at radius 1 is 1.12 bits per heavy atom. The average Bonchev–Trinajstić information content (AvgIpc) is 3.09. The molecule has 2 aromatic heterocycles. The summed E-state index contributed by atoms with van der Waals surface area (Å²) in [6.07, 6.45) is 1.77. The zero-order valence-corrected chi connectivity index (χ0v) is 13.8. The molecular formula is C19H18N4O2. The van der Waals surface area contributed by atoms with Gasteiger partial charge in [0.15, 0.2) is 0 Å². The van der Waals surface area contributed by atoms with Crippen LogP contribution in [0.5, 0.6) is 11.5 Å². The number of para-hydroxylation sites is 1. The SMILES string of the molecule is COc1ccc2c(c1)ncn2-c1ccc2cccc(OCCN)c2n1. The summed E-state index contributed by atoms with van der Waals surface area (Å²) >= 11 is 0. The molecule has 0 amide bonds. The molecule has 2 N–H and O–H groups in total. The molecule has 2 aromatic carbocycles. The maximum Gasteiger partial charge on any atom is 0.145 e. The minimum Gasteiger partial charge on any atom is -0.497 e. The molecule has 0 aliphatic carbocycles. The van der Waals surface area contributed by atoms with Gasteiger partial charge in [0.25, 0.3) is 0 Å². The first-order valence-electron chi connectivity index (χ1n) is 8.04. The summed E-state index contributed by atoms with van der Waals surface area (Å²) in [5.41, 5.74) is 8.18. The fourth-order valence-corrected chi connectivity index (χ4v) is 2.83. The zero-order chi connectivity index (χ0) is 17.2. The van der Waals surface area contributed by atoms with E-state index in [2.05, 4.69) is 4.98 Å². The number of ether oxygens (including phenoxy) is 2. The van der Waals surface area contributed by atoms with Crippen LogP contribution in [-0.2, 0) is 0 Å². The molecule has 0 unspecified atom stereocenters. The van der Waals surface area contributed by atoms with Crippen LogP contribution in [0.2, 0.25) is 0 Å². The van der Waals surface area contributed by atoms with Crippen molar-refractivity contribution in [2.75, 3.05) is 20.3 Å². The molecule has 6 nitrogen and oxygen atoms in total. The van der Waals surface area contributed by atoms with Crippen LogP contribution in [0.15, 0.2) is 54.9 Å². The number of imidazole rings is 1. The summed E-state index contributed by atoms with van der Waals surface area (Å²) in [4.78, 5) is 9.24. The Hall–Kier alpha value is -3.12. The monoisotopic (exact) mass is 334 g/mol. The second-order valence-electron chi connectivity index (χ2n) is 5.60. The molecule has 4 aromatic rings. The highest BCUT2D eigenvalue weighted by Gasteiger charge is 2.10. The highest BCUT2D eigenvalue weighted by atomic mass is 16.5. The van der Waals surface area contributed by atoms with Crippen LogP contribution in [-0.4, -0.2) is 34.8 Å². The number of rotatable bonds is 5. The molecular weight excluding hydrogens is 316 g/mol. The van der Waals surface area contributed by atoms with Crippen LogP contribution in [0.3, 0.4) is 0 Å². The maximum atomic E-state index is 5.73. The van der Waals surface area contributed by atoms with E-state index in [0.717, 1.165) is 39.3 Å². The number of hydrogen-bond acceptors (Lipinski definition) is 5. The number of pyridine rings is 1. The number of methoxy groups -OCH3 is 1. The molecule has 0 saturated heterocycles. The number of nitrogens with two attached hydrogens (primary N) is 1. The number of hydrogen-bond donors (Lipinski definition) is 1. The number of aromatic nitrogens is 3. The number of nitrogens with zero attached hydrogens (tertiary/aromatic N) is 3. The minimum absolute atomic E-state index is 0.457. The minimum atomic E-state index is 0.457. The first-order chi connectivity index (χ1) is 12.3. The highest BCUT2D eigenvalue weighted by molar-refractivity contribution is 5.86. The molecule has 0 aliphatic heterocycles. The molecule has 0 atom stereocenters. The van der Waals surface area contributed by atoms with Gasteiger partial charge in [0.1, 0.15) is 35.8 Å². The molecule has 126 valence electrons. The summed E-state index contributed by atoms with van der Waals surface area (Å²) in [6, 6.07) is 15.7. The quantitative estimate of drug-likeness (QED) is 0.607. The van der Waals surface area contributed by atoms with Gasteiger partial charge in [-0.1, -0.05) is 12.1 Å². The summed E-state index contributed by atoms with van der Waals surface area (Å²) in [5.74, 6) is 2.29. The van der Waals surface area contributed by atoms with E-state index in [0.29, 0.717) is 13.2 Å². The van der Waals surface area contributed by atoms with Gasteiger partial charge in [-0.15, -0.1) is 0 Å². The third kappa shape index (κ3) is 2.77. The first kappa shape index (κ1) is 15.4.